The Labute approximate surface area is 123 Å². The fourth-order valence-corrected chi connectivity index (χ4v) is 3.07. The lowest BCUT2D eigenvalue weighted by molar-refractivity contribution is 0.707. The van der Waals surface area contributed by atoms with E-state index < -0.39 is 0 Å². The number of hydrogen-bond donors (Lipinski definition) is 1. The molecule has 1 fully saturated rings. The third-order valence-electron chi connectivity index (χ3n) is 3.76. The van der Waals surface area contributed by atoms with E-state index in [0.717, 1.165) is 30.8 Å². The second-order valence-electron chi connectivity index (χ2n) is 4.95. The van der Waals surface area contributed by atoms with E-state index in [2.05, 4.69) is 20.9 Å². The highest BCUT2D eigenvalue weighted by atomic mass is 35.5. The van der Waals surface area contributed by atoms with E-state index in [1.54, 1.807) is 12.4 Å². The average molecular weight is 289 g/mol. The average Bonchev–Trinajstić information content (AvgIpc) is 2.97. The van der Waals surface area contributed by atoms with Crippen LogP contribution < -0.4 is 10.6 Å². The molecule has 5 heteroatoms. The Kier molecular flexibility index (Phi) is 3.85. The number of aromatic nitrogens is 2. The van der Waals surface area contributed by atoms with Crippen LogP contribution in [0.5, 0.6) is 0 Å². The second kappa shape index (κ2) is 5.77. The Bertz CT molecular complexity index is 588. The van der Waals surface area contributed by atoms with Crippen molar-refractivity contribution in [1.29, 1.82) is 0 Å². The van der Waals surface area contributed by atoms with Crippen LogP contribution in [-0.4, -0.2) is 16.5 Å². The van der Waals surface area contributed by atoms with Gasteiger partial charge < -0.3 is 10.6 Å². The highest BCUT2D eigenvalue weighted by Crippen LogP contribution is 2.38. The van der Waals surface area contributed by atoms with Gasteiger partial charge in [-0.05, 0) is 36.1 Å². The highest BCUT2D eigenvalue weighted by Gasteiger charge is 2.29. The molecule has 0 radical (unpaired) electrons. The van der Waals surface area contributed by atoms with Gasteiger partial charge >= 0.3 is 0 Å². The summed E-state index contributed by atoms with van der Waals surface area (Å²) in [5, 5.41) is 0.672. The Morgan fingerprint density at radius 3 is 3.00 bits per heavy atom. The SMILES string of the molecule is NCc1ccnc(N2CCCC2c2cccnc2)c1Cl. The molecular formula is C15H17ClN4. The lowest BCUT2D eigenvalue weighted by Crippen LogP contribution is -2.24. The first-order valence-electron chi connectivity index (χ1n) is 6.81. The predicted octanol–water partition coefficient (Wildman–Crippen LogP) is 2.93. The van der Waals surface area contributed by atoms with Crippen LogP contribution in [0, 0.1) is 0 Å². The number of halogens is 1. The zero-order valence-corrected chi connectivity index (χ0v) is 11.9. The maximum Gasteiger partial charge on any atom is 0.148 e. The molecule has 0 spiro atoms. The van der Waals surface area contributed by atoms with Gasteiger partial charge in [-0.1, -0.05) is 17.7 Å². The lowest BCUT2D eigenvalue weighted by Gasteiger charge is -2.27. The minimum Gasteiger partial charge on any atom is -0.348 e. The third kappa shape index (κ3) is 2.37. The zero-order valence-electron chi connectivity index (χ0n) is 11.2. The van der Waals surface area contributed by atoms with Crippen LogP contribution in [0.25, 0.3) is 0 Å². The van der Waals surface area contributed by atoms with Crippen molar-refractivity contribution in [3.63, 3.8) is 0 Å². The van der Waals surface area contributed by atoms with Crippen molar-refractivity contribution >= 4 is 17.4 Å². The van der Waals surface area contributed by atoms with Gasteiger partial charge in [0.25, 0.3) is 0 Å². The molecule has 2 aromatic heterocycles. The van der Waals surface area contributed by atoms with Gasteiger partial charge in [0.1, 0.15) is 5.82 Å². The van der Waals surface area contributed by atoms with Crippen LogP contribution in [0.1, 0.15) is 30.0 Å². The number of rotatable bonds is 3. The van der Waals surface area contributed by atoms with Crippen LogP contribution in [0.4, 0.5) is 5.82 Å². The molecule has 0 bridgehead atoms. The van der Waals surface area contributed by atoms with Gasteiger partial charge in [0.05, 0.1) is 11.1 Å². The van der Waals surface area contributed by atoms with E-state index in [4.69, 9.17) is 17.3 Å². The zero-order chi connectivity index (χ0) is 13.9. The maximum absolute atomic E-state index is 6.44. The molecule has 3 heterocycles. The van der Waals surface area contributed by atoms with Gasteiger partial charge in [-0.15, -0.1) is 0 Å². The van der Waals surface area contributed by atoms with E-state index in [0.29, 0.717) is 17.6 Å². The summed E-state index contributed by atoms with van der Waals surface area (Å²) in [5.41, 5.74) is 7.87. The monoisotopic (exact) mass is 288 g/mol. The van der Waals surface area contributed by atoms with Gasteiger partial charge in [0.2, 0.25) is 0 Å². The normalized spacial score (nSPS) is 18.5. The van der Waals surface area contributed by atoms with Gasteiger partial charge in [-0.2, -0.15) is 0 Å². The first-order valence-corrected chi connectivity index (χ1v) is 7.19. The number of hydrogen-bond acceptors (Lipinski definition) is 4. The summed E-state index contributed by atoms with van der Waals surface area (Å²) in [7, 11) is 0. The van der Waals surface area contributed by atoms with Crippen LogP contribution in [0.15, 0.2) is 36.8 Å². The summed E-state index contributed by atoms with van der Waals surface area (Å²) in [5.74, 6) is 0.834. The molecule has 2 N–H and O–H groups in total. The molecule has 104 valence electrons. The molecule has 3 rings (SSSR count). The van der Waals surface area contributed by atoms with Gasteiger partial charge in [0.15, 0.2) is 0 Å². The molecule has 1 aliphatic rings. The number of anilines is 1. The summed E-state index contributed by atoms with van der Waals surface area (Å²) in [6.45, 7) is 1.39. The van der Waals surface area contributed by atoms with Crippen molar-refractivity contribution in [2.45, 2.75) is 25.4 Å². The number of nitrogens with two attached hydrogens (primary N) is 1. The highest BCUT2D eigenvalue weighted by molar-refractivity contribution is 6.33. The van der Waals surface area contributed by atoms with Crippen LogP contribution in [-0.2, 0) is 6.54 Å². The summed E-state index contributed by atoms with van der Waals surface area (Å²) in [6, 6.07) is 6.25. The molecule has 2 aromatic rings. The van der Waals surface area contributed by atoms with E-state index in [1.807, 2.05) is 18.3 Å². The second-order valence-corrected chi connectivity index (χ2v) is 5.33. The fraction of sp³-hybridized carbons (Fsp3) is 0.333. The van der Waals surface area contributed by atoms with Gasteiger partial charge in [-0.3, -0.25) is 4.98 Å². The molecule has 0 amide bonds. The van der Waals surface area contributed by atoms with Crippen LogP contribution in [0.2, 0.25) is 5.02 Å². The molecule has 0 saturated carbocycles. The summed E-state index contributed by atoms with van der Waals surface area (Å²) in [6.07, 6.45) is 7.72. The Balaban J connectivity index is 1.97. The quantitative estimate of drug-likeness (QED) is 0.943. The van der Waals surface area contributed by atoms with Crippen LogP contribution >= 0.6 is 11.6 Å². The first kappa shape index (κ1) is 13.3. The van der Waals surface area contributed by atoms with Crippen molar-refractivity contribution in [2.24, 2.45) is 5.73 Å². The topological polar surface area (TPSA) is 55.0 Å². The summed E-state index contributed by atoms with van der Waals surface area (Å²) < 4.78 is 0. The van der Waals surface area contributed by atoms with Gasteiger partial charge in [-0.25, -0.2) is 4.98 Å². The number of pyridine rings is 2. The van der Waals surface area contributed by atoms with Crippen molar-refractivity contribution in [3.05, 3.63) is 52.9 Å². The number of nitrogens with zero attached hydrogens (tertiary/aromatic N) is 3. The van der Waals surface area contributed by atoms with E-state index >= 15 is 0 Å². The molecular weight excluding hydrogens is 272 g/mol. The summed E-state index contributed by atoms with van der Waals surface area (Å²) >= 11 is 6.44. The molecule has 1 unspecified atom stereocenters. The molecule has 0 aliphatic carbocycles. The lowest BCUT2D eigenvalue weighted by atomic mass is 10.1. The van der Waals surface area contributed by atoms with Crippen molar-refractivity contribution in [2.75, 3.05) is 11.4 Å². The van der Waals surface area contributed by atoms with Crippen molar-refractivity contribution in [1.82, 2.24) is 9.97 Å². The fourth-order valence-electron chi connectivity index (χ4n) is 2.77. The molecule has 1 aliphatic heterocycles. The van der Waals surface area contributed by atoms with Gasteiger partial charge in [0, 0.05) is 31.7 Å². The van der Waals surface area contributed by atoms with Crippen LogP contribution in [0.3, 0.4) is 0 Å². The molecule has 20 heavy (non-hydrogen) atoms. The minimum absolute atomic E-state index is 0.293. The van der Waals surface area contributed by atoms with E-state index in [9.17, 15) is 0 Å². The first-order chi connectivity index (χ1) is 9.81. The standard InChI is InChI=1S/C15H17ClN4/c16-14-11(9-17)5-7-19-15(14)20-8-2-4-13(20)12-3-1-6-18-10-12/h1,3,5-7,10,13H,2,4,8-9,17H2. The van der Waals surface area contributed by atoms with E-state index in [1.165, 1.54) is 5.56 Å². The smallest absolute Gasteiger partial charge is 0.148 e. The summed E-state index contributed by atoms with van der Waals surface area (Å²) in [4.78, 5) is 10.9. The Morgan fingerprint density at radius 2 is 2.25 bits per heavy atom. The van der Waals surface area contributed by atoms with Crippen molar-refractivity contribution < 1.29 is 0 Å². The van der Waals surface area contributed by atoms with Crippen molar-refractivity contribution in [3.8, 4) is 0 Å². The molecule has 1 atom stereocenters. The maximum atomic E-state index is 6.44. The Morgan fingerprint density at radius 1 is 1.35 bits per heavy atom. The molecule has 1 saturated heterocycles. The van der Waals surface area contributed by atoms with E-state index in [-0.39, 0.29) is 0 Å². The molecule has 0 aromatic carbocycles. The largest absolute Gasteiger partial charge is 0.348 e. The Hall–Kier alpha value is -1.65. The molecule has 4 nitrogen and oxygen atoms in total. The third-order valence-corrected chi connectivity index (χ3v) is 4.18. The predicted molar refractivity (Wildman–Crippen MR) is 80.7 cm³/mol. The minimum atomic E-state index is 0.293.